The van der Waals surface area contributed by atoms with Crippen molar-refractivity contribution >= 4 is 33.3 Å². The number of hydrogen-bond donors (Lipinski definition) is 1. The first-order valence-electron chi connectivity index (χ1n) is 9.30. The third kappa shape index (κ3) is 5.68. The predicted molar refractivity (Wildman–Crippen MR) is 108 cm³/mol. The van der Waals surface area contributed by atoms with E-state index in [1.54, 1.807) is 25.1 Å². The summed E-state index contributed by atoms with van der Waals surface area (Å²) in [6.45, 7) is -0.400. The molecule has 0 unspecified atom stereocenters. The molecule has 0 bridgehead atoms. The zero-order chi connectivity index (χ0) is 20.9. The van der Waals surface area contributed by atoms with Gasteiger partial charge in [0.25, 0.3) is 5.91 Å². The number of rotatable bonds is 8. The minimum absolute atomic E-state index is 0.0663. The molecule has 1 aliphatic carbocycles. The van der Waals surface area contributed by atoms with Gasteiger partial charge in [-0.15, -0.1) is 0 Å². The highest BCUT2D eigenvalue weighted by molar-refractivity contribution is 7.89. The molecule has 1 aliphatic rings. The van der Waals surface area contributed by atoms with Gasteiger partial charge >= 0.3 is 5.97 Å². The Morgan fingerprint density at radius 1 is 1.14 bits per heavy atom. The minimum Gasteiger partial charge on any atom is -0.456 e. The summed E-state index contributed by atoms with van der Waals surface area (Å²) >= 11 is 0. The number of anilines is 2. The van der Waals surface area contributed by atoms with Gasteiger partial charge in [-0.2, -0.15) is 0 Å². The summed E-state index contributed by atoms with van der Waals surface area (Å²) in [6, 6.07) is 4.52. The van der Waals surface area contributed by atoms with Gasteiger partial charge in [-0.05, 0) is 37.0 Å². The molecule has 1 aromatic carbocycles. The molecule has 156 valence electrons. The van der Waals surface area contributed by atoms with Crippen molar-refractivity contribution in [2.45, 2.75) is 37.0 Å². The van der Waals surface area contributed by atoms with Crippen molar-refractivity contribution < 1.29 is 22.7 Å². The van der Waals surface area contributed by atoms with Crippen molar-refractivity contribution in [1.82, 2.24) is 4.31 Å². The van der Waals surface area contributed by atoms with Gasteiger partial charge in [-0.25, -0.2) is 12.7 Å². The molecule has 9 heteroatoms. The quantitative estimate of drug-likeness (QED) is 0.658. The average Bonchev–Trinajstić information content (AvgIpc) is 3.12. The average molecular weight is 412 g/mol. The van der Waals surface area contributed by atoms with E-state index in [2.05, 4.69) is 5.32 Å². The molecule has 2 rings (SSSR count). The Hall–Kier alpha value is -2.13. The molecule has 28 heavy (non-hydrogen) atoms. The Balaban J connectivity index is 2.05. The van der Waals surface area contributed by atoms with Gasteiger partial charge in [0.05, 0.1) is 16.3 Å². The highest BCUT2D eigenvalue weighted by atomic mass is 32.2. The molecule has 1 fully saturated rings. The zero-order valence-corrected chi connectivity index (χ0v) is 17.7. The molecule has 1 amide bonds. The molecule has 1 saturated carbocycles. The van der Waals surface area contributed by atoms with E-state index in [9.17, 15) is 18.0 Å². The molecule has 1 aromatic rings. The molecule has 0 aromatic heterocycles. The summed E-state index contributed by atoms with van der Waals surface area (Å²) in [5, 5.41) is 2.65. The SMILES string of the molecule is CN(C)c1ccc(S(=O)(=O)N(C)C)cc1NC(=O)COC(=O)CC1CCCC1. The fourth-order valence-corrected chi connectivity index (χ4v) is 4.15. The Kier molecular flexibility index (Phi) is 7.42. The van der Waals surface area contributed by atoms with Crippen molar-refractivity contribution in [3.8, 4) is 0 Å². The van der Waals surface area contributed by atoms with Crippen molar-refractivity contribution in [1.29, 1.82) is 0 Å². The second-order valence-corrected chi connectivity index (χ2v) is 9.58. The van der Waals surface area contributed by atoms with E-state index in [0.717, 1.165) is 30.0 Å². The van der Waals surface area contributed by atoms with Crippen LogP contribution in [0.3, 0.4) is 0 Å². The Morgan fingerprint density at radius 2 is 1.79 bits per heavy atom. The number of esters is 1. The largest absolute Gasteiger partial charge is 0.456 e. The lowest BCUT2D eigenvalue weighted by molar-refractivity contribution is -0.148. The predicted octanol–water partition coefficient (Wildman–Crippen LogP) is 2.06. The van der Waals surface area contributed by atoms with E-state index in [4.69, 9.17) is 4.74 Å². The maximum Gasteiger partial charge on any atom is 0.306 e. The lowest BCUT2D eigenvalue weighted by atomic mass is 10.1. The summed E-state index contributed by atoms with van der Waals surface area (Å²) in [4.78, 5) is 26.0. The number of sulfonamides is 1. The highest BCUT2D eigenvalue weighted by Crippen LogP contribution is 2.29. The van der Waals surface area contributed by atoms with E-state index < -0.39 is 22.5 Å². The Morgan fingerprint density at radius 3 is 2.36 bits per heavy atom. The van der Waals surface area contributed by atoms with Crippen LogP contribution in [0, 0.1) is 5.92 Å². The third-order valence-corrected chi connectivity index (χ3v) is 6.61. The number of benzene rings is 1. The first-order valence-corrected chi connectivity index (χ1v) is 10.7. The summed E-state index contributed by atoms with van der Waals surface area (Å²) < 4.78 is 30.9. The third-order valence-electron chi connectivity index (χ3n) is 4.80. The molecule has 0 saturated heterocycles. The van der Waals surface area contributed by atoms with Crippen molar-refractivity contribution in [2.75, 3.05) is 45.0 Å². The zero-order valence-electron chi connectivity index (χ0n) is 16.9. The number of nitrogens with one attached hydrogen (secondary N) is 1. The van der Waals surface area contributed by atoms with Gasteiger partial charge in [0.1, 0.15) is 0 Å². The maximum atomic E-state index is 12.4. The summed E-state index contributed by atoms with van der Waals surface area (Å²) in [7, 11) is 2.81. The fraction of sp³-hybridized carbons (Fsp3) is 0.579. The van der Waals surface area contributed by atoms with Crippen molar-refractivity contribution in [3.05, 3.63) is 18.2 Å². The second-order valence-electron chi connectivity index (χ2n) is 7.42. The standard InChI is InChI=1S/C19H29N3O5S/c1-21(2)17-10-9-15(28(25,26)22(3)4)12-16(17)20-18(23)13-27-19(24)11-14-7-5-6-8-14/h9-10,12,14H,5-8,11,13H2,1-4H3,(H,20,23). The van der Waals surface area contributed by atoms with Gasteiger partial charge < -0.3 is 15.0 Å². The van der Waals surface area contributed by atoms with Crippen LogP contribution in [0.5, 0.6) is 0 Å². The normalized spacial score (nSPS) is 14.9. The Labute approximate surface area is 166 Å². The number of amides is 1. The molecule has 0 aliphatic heterocycles. The maximum absolute atomic E-state index is 12.4. The molecule has 0 spiro atoms. The second kappa shape index (κ2) is 9.38. The molecule has 0 heterocycles. The molecular weight excluding hydrogens is 382 g/mol. The lowest BCUT2D eigenvalue weighted by Gasteiger charge is -2.20. The number of hydrogen-bond acceptors (Lipinski definition) is 6. The first-order chi connectivity index (χ1) is 13.1. The summed E-state index contributed by atoms with van der Waals surface area (Å²) in [6.07, 6.45) is 4.67. The number of nitrogens with zero attached hydrogens (tertiary/aromatic N) is 2. The molecular formula is C19H29N3O5S. The molecule has 0 radical (unpaired) electrons. The highest BCUT2D eigenvalue weighted by Gasteiger charge is 2.22. The Bertz CT molecular complexity index is 815. The molecule has 8 nitrogen and oxygen atoms in total. The topological polar surface area (TPSA) is 96.0 Å². The van der Waals surface area contributed by atoms with Crippen LogP contribution in [0.1, 0.15) is 32.1 Å². The van der Waals surface area contributed by atoms with Crippen LogP contribution in [0.4, 0.5) is 11.4 Å². The van der Waals surface area contributed by atoms with Crippen LogP contribution in [-0.4, -0.2) is 59.4 Å². The molecule has 1 N–H and O–H groups in total. The van der Waals surface area contributed by atoms with Gasteiger partial charge in [-0.1, -0.05) is 12.8 Å². The minimum atomic E-state index is -3.64. The first kappa shape index (κ1) is 22.2. The van der Waals surface area contributed by atoms with Crippen LogP contribution in [-0.2, 0) is 24.3 Å². The van der Waals surface area contributed by atoms with E-state index in [0.29, 0.717) is 23.7 Å². The van der Waals surface area contributed by atoms with Gasteiger partial charge in [-0.3, -0.25) is 9.59 Å². The van der Waals surface area contributed by atoms with Crippen LogP contribution in [0.25, 0.3) is 0 Å². The number of ether oxygens (including phenoxy) is 1. The van der Waals surface area contributed by atoms with Crippen molar-refractivity contribution in [2.24, 2.45) is 5.92 Å². The van der Waals surface area contributed by atoms with E-state index in [-0.39, 0.29) is 10.9 Å². The van der Waals surface area contributed by atoms with Gasteiger partial charge in [0.15, 0.2) is 6.61 Å². The number of carbonyl (C=O) groups is 2. The van der Waals surface area contributed by atoms with Crippen LogP contribution >= 0.6 is 0 Å². The van der Waals surface area contributed by atoms with Gasteiger partial charge in [0.2, 0.25) is 10.0 Å². The van der Waals surface area contributed by atoms with Crippen LogP contribution in [0.2, 0.25) is 0 Å². The van der Waals surface area contributed by atoms with E-state index >= 15 is 0 Å². The smallest absolute Gasteiger partial charge is 0.306 e. The van der Waals surface area contributed by atoms with Gasteiger partial charge in [0, 0.05) is 34.6 Å². The summed E-state index contributed by atoms with van der Waals surface area (Å²) in [5.74, 6) is -0.537. The monoisotopic (exact) mass is 411 g/mol. The summed E-state index contributed by atoms with van der Waals surface area (Å²) in [5.41, 5.74) is 0.980. The molecule has 0 atom stereocenters. The van der Waals surface area contributed by atoms with E-state index in [1.807, 2.05) is 0 Å². The number of carbonyl (C=O) groups excluding carboxylic acids is 2. The van der Waals surface area contributed by atoms with Crippen LogP contribution in [0.15, 0.2) is 23.1 Å². The van der Waals surface area contributed by atoms with Crippen molar-refractivity contribution in [3.63, 3.8) is 0 Å². The lowest BCUT2D eigenvalue weighted by Crippen LogP contribution is -2.25. The van der Waals surface area contributed by atoms with Crippen LogP contribution < -0.4 is 10.2 Å². The van der Waals surface area contributed by atoms with E-state index in [1.165, 1.54) is 26.2 Å². The fourth-order valence-electron chi connectivity index (χ4n) is 3.22.